The fourth-order valence-electron chi connectivity index (χ4n) is 2.16. The van der Waals surface area contributed by atoms with Crippen LogP contribution in [0.4, 0.5) is 0 Å². The van der Waals surface area contributed by atoms with Gasteiger partial charge in [0.1, 0.15) is 0 Å². The van der Waals surface area contributed by atoms with E-state index in [0.717, 1.165) is 15.6 Å². The lowest BCUT2D eigenvalue weighted by molar-refractivity contribution is 0.0949. The average Bonchev–Trinajstić information content (AvgIpc) is 3.09. The molecule has 0 unspecified atom stereocenters. The number of aromatic nitrogens is 2. The van der Waals surface area contributed by atoms with Gasteiger partial charge < -0.3 is 0 Å². The summed E-state index contributed by atoms with van der Waals surface area (Å²) in [6.45, 7) is 0.576. The molecule has 3 aromatic rings. The number of hydrogen-bond donors (Lipinski definition) is 1. The monoisotopic (exact) mass is 450 g/mol. The summed E-state index contributed by atoms with van der Waals surface area (Å²) in [5.74, 6) is -0.393. The summed E-state index contributed by atoms with van der Waals surface area (Å²) in [4.78, 5) is 12.1. The molecule has 1 aromatic heterocycles. The molecule has 1 N–H and O–H groups in total. The third-order valence-electron chi connectivity index (χ3n) is 3.45. The van der Waals surface area contributed by atoms with E-state index in [1.807, 2.05) is 24.3 Å². The number of hydrazone groups is 1. The summed E-state index contributed by atoms with van der Waals surface area (Å²) >= 11 is 15.2. The fourth-order valence-corrected chi connectivity index (χ4v) is 2.73. The minimum absolute atomic E-state index is 0.286. The van der Waals surface area contributed by atoms with Gasteiger partial charge in [0.15, 0.2) is 5.69 Å². The smallest absolute Gasteiger partial charge is 0.268 e. The van der Waals surface area contributed by atoms with E-state index in [4.69, 9.17) is 23.2 Å². The van der Waals surface area contributed by atoms with Crippen LogP contribution in [0.1, 0.15) is 21.6 Å². The van der Waals surface area contributed by atoms with Gasteiger partial charge in [0.25, 0.3) is 5.91 Å². The van der Waals surface area contributed by atoms with Gasteiger partial charge in [-0.3, -0.25) is 9.48 Å². The minimum Gasteiger partial charge on any atom is -0.268 e. The van der Waals surface area contributed by atoms with E-state index >= 15 is 0 Å². The van der Waals surface area contributed by atoms with Gasteiger partial charge in [-0.05, 0) is 41.5 Å². The Morgan fingerprint density at radius 3 is 2.65 bits per heavy atom. The highest BCUT2D eigenvalue weighted by Crippen LogP contribution is 2.21. The molecule has 0 aliphatic carbocycles. The van der Waals surface area contributed by atoms with Crippen molar-refractivity contribution in [2.45, 2.75) is 6.54 Å². The molecule has 8 heteroatoms. The molecule has 3 rings (SSSR count). The van der Waals surface area contributed by atoms with Crippen molar-refractivity contribution in [3.8, 4) is 0 Å². The Kier molecular flexibility index (Phi) is 6.08. The number of benzene rings is 2. The number of hydrogen-bond acceptors (Lipinski definition) is 3. The van der Waals surface area contributed by atoms with Gasteiger partial charge in [-0.2, -0.15) is 10.2 Å². The maximum absolute atomic E-state index is 12.1. The second kappa shape index (κ2) is 8.49. The van der Waals surface area contributed by atoms with Gasteiger partial charge in [-0.1, -0.05) is 57.3 Å². The molecule has 0 saturated carbocycles. The normalized spacial score (nSPS) is 11.0. The molecule has 5 nitrogen and oxygen atoms in total. The Bertz CT molecular complexity index is 954. The van der Waals surface area contributed by atoms with Crippen LogP contribution in [-0.2, 0) is 6.54 Å². The van der Waals surface area contributed by atoms with Crippen LogP contribution in [0.2, 0.25) is 10.0 Å². The Morgan fingerprint density at radius 1 is 1.15 bits per heavy atom. The molecular formula is C18H13BrCl2N4O. The second-order valence-corrected chi connectivity index (χ2v) is 7.13. The van der Waals surface area contributed by atoms with Crippen LogP contribution in [0, 0.1) is 0 Å². The third-order valence-corrected chi connectivity index (χ3v) is 4.72. The maximum Gasteiger partial charge on any atom is 0.291 e. The van der Waals surface area contributed by atoms with Crippen molar-refractivity contribution in [1.29, 1.82) is 0 Å². The van der Waals surface area contributed by atoms with Crippen LogP contribution in [-0.4, -0.2) is 21.9 Å². The van der Waals surface area contributed by atoms with E-state index in [1.165, 1.54) is 6.21 Å². The fraction of sp³-hybridized carbons (Fsp3) is 0.0556. The van der Waals surface area contributed by atoms with Crippen LogP contribution >= 0.6 is 39.1 Å². The summed E-state index contributed by atoms with van der Waals surface area (Å²) in [7, 11) is 0. The van der Waals surface area contributed by atoms with Crippen molar-refractivity contribution >= 4 is 51.3 Å². The predicted octanol–water partition coefficient (Wildman–Crippen LogP) is 4.76. The van der Waals surface area contributed by atoms with Crippen LogP contribution in [0.5, 0.6) is 0 Å². The molecule has 26 heavy (non-hydrogen) atoms. The molecule has 1 heterocycles. The van der Waals surface area contributed by atoms with E-state index in [2.05, 4.69) is 31.6 Å². The number of halogens is 3. The number of rotatable bonds is 5. The SMILES string of the molecule is O=C(NN=Cc1ccc(Cl)c(Cl)c1)c1ccn(Cc2ccc(Br)cc2)n1. The lowest BCUT2D eigenvalue weighted by Gasteiger charge is -2.02. The van der Waals surface area contributed by atoms with Crippen molar-refractivity contribution in [3.63, 3.8) is 0 Å². The average molecular weight is 452 g/mol. The highest BCUT2D eigenvalue weighted by molar-refractivity contribution is 9.10. The third kappa shape index (κ3) is 4.94. The molecule has 0 aliphatic rings. The van der Waals surface area contributed by atoms with Crippen molar-refractivity contribution in [1.82, 2.24) is 15.2 Å². The van der Waals surface area contributed by atoms with Gasteiger partial charge in [-0.15, -0.1) is 0 Å². The van der Waals surface area contributed by atoms with Crippen LogP contribution in [0.25, 0.3) is 0 Å². The molecular weight excluding hydrogens is 439 g/mol. The molecule has 0 saturated heterocycles. The lowest BCUT2D eigenvalue weighted by atomic mass is 10.2. The lowest BCUT2D eigenvalue weighted by Crippen LogP contribution is -2.18. The van der Waals surface area contributed by atoms with E-state index in [9.17, 15) is 4.79 Å². The number of amides is 1. The highest BCUT2D eigenvalue weighted by Gasteiger charge is 2.08. The molecule has 1 amide bonds. The van der Waals surface area contributed by atoms with Gasteiger partial charge in [0.2, 0.25) is 0 Å². The van der Waals surface area contributed by atoms with E-state index in [0.29, 0.717) is 16.6 Å². The van der Waals surface area contributed by atoms with Crippen molar-refractivity contribution in [2.75, 3.05) is 0 Å². The molecule has 0 spiro atoms. The molecule has 0 aliphatic heterocycles. The Balaban J connectivity index is 1.59. The van der Waals surface area contributed by atoms with E-state index < -0.39 is 5.91 Å². The maximum atomic E-state index is 12.1. The first-order chi connectivity index (χ1) is 12.5. The Labute approximate surface area is 168 Å². The summed E-state index contributed by atoms with van der Waals surface area (Å²) in [6.07, 6.45) is 3.23. The van der Waals surface area contributed by atoms with Crippen molar-refractivity contribution in [2.24, 2.45) is 5.10 Å². The number of nitrogens with one attached hydrogen (secondary N) is 1. The first kappa shape index (κ1) is 18.6. The van der Waals surface area contributed by atoms with Gasteiger partial charge in [-0.25, -0.2) is 5.43 Å². The molecule has 0 atom stereocenters. The molecule has 0 bridgehead atoms. The van der Waals surface area contributed by atoms with Crippen LogP contribution < -0.4 is 5.43 Å². The molecule has 132 valence electrons. The topological polar surface area (TPSA) is 59.3 Å². The first-order valence-corrected chi connectivity index (χ1v) is 9.12. The van der Waals surface area contributed by atoms with Gasteiger partial charge >= 0.3 is 0 Å². The van der Waals surface area contributed by atoms with Crippen LogP contribution in [0.15, 0.2) is 64.3 Å². The zero-order chi connectivity index (χ0) is 18.5. The quantitative estimate of drug-likeness (QED) is 0.448. The van der Waals surface area contributed by atoms with E-state index in [1.54, 1.807) is 35.1 Å². The molecule has 0 fully saturated rings. The number of carbonyl (C=O) groups excluding carboxylic acids is 1. The Morgan fingerprint density at radius 2 is 1.92 bits per heavy atom. The predicted molar refractivity (Wildman–Crippen MR) is 107 cm³/mol. The standard InChI is InChI=1S/C18H13BrCl2N4O/c19-14-4-1-12(2-5-14)11-25-8-7-17(24-25)18(26)23-22-10-13-3-6-15(20)16(21)9-13/h1-10H,11H2,(H,23,26). The molecule has 0 radical (unpaired) electrons. The zero-order valence-corrected chi connectivity index (χ0v) is 16.5. The largest absolute Gasteiger partial charge is 0.291 e. The Hall–Kier alpha value is -2.15. The van der Waals surface area contributed by atoms with E-state index in [-0.39, 0.29) is 5.69 Å². The summed E-state index contributed by atoms with van der Waals surface area (Å²) < 4.78 is 2.71. The summed E-state index contributed by atoms with van der Waals surface area (Å²) in [5, 5.41) is 9.06. The van der Waals surface area contributed by atoms with Crippen molar-refractivity contribution in [3.05, 3.63) is 86.1 Å². The number of nitrogens with zero attached hydrogens (tertiary/aromatic N) is 3. The van der Waals surface area contributed by atoms with Gasteiger partial charge in [0, 0.05) is 10.7 Å². The zero-order valence-electron chi connectivity index (χ0n) is 13.4. The minimum atomic E-state index is -0.393. The number of carbonyl (C=O) groups is 1. The summed E-state index contributed by atoms with van der Waals surface area (Å²) in [6, 6.07) is 14.6. The summed E-state index contributed by atoms with van der Waals surface area (Å²) in [5.41, 5.74) is 4.53. The first-order valence-electron chi connectivity index (χ1n) is 7.57. The van der Waals surface area contributed by atoms with Gasteiger partial charge in [0.05, 0.1) is 22.8 Å². The highest BCUT2D eigenvalue weighted by atomic mass is 79.9. The van der Waals surface area contributed by atoms with Crippen molar-refractivity contribution < 1.29 is 4.79 Å². The second-order valence-electron chi connectivity index (χ2n) is 5.40. The van der Waals surface area contributed by atoms with Crippen LogP contribution in [0.3, 0.4) is 0 Å². The molecule has 2 aromatic carbocycles.